The van der Waals surface area contributed by atoms with Crippen LogP contribution in [0.1, 0.15) is 19.8 Å². The average molecular weight is 190 g/mol. The van der Waals surface area contributed by atoms with Gasteiger partial charge in [-0.1, -0.05) is 0 Å². The lowest BCUT2D eigenvalue weighted by Crippen LogP contribution is -2.38. The van der Waals surface area contributed by atoms with E-state index in [-0.39, 0.29) is 13.0 Å². The predicted molar refractivity (Wildman–Crippen MR) is 42.8 cm³/mol. The molecule has 1 saturated heterocycles. The highest BCUT2D eigenvalue weighted by Gasteiger charge is 2.27. The highest BCUT2D eigenvalue weighted by Crippen LogP contribution is 2.18. The zero-order valence-electron chi connectivity index (χ0n) is 7.47. The minimum absolute atomic E-state index is 0.0868. The van der Waals surface area contributed by atoms with Crippen molar-refractivity contribution in [3.63, 3.8) is 0 Å². The van der Waals surface area contributed by atoms with E-state index in [0.29, 0.717) is 6.42 Å². The summed E-state index contributed by atoms with van der Waals surface area (Å²) in [4.78, 5) is 10.4. The van der Waals surface area contributed by atoms with Crippen LogP contribution in [0, 0.1) is 0 Å². The second-order valence-electron chi connectivity index (χ2n) is 3.14. The molecule has 0 amide bonds. The predicted octanol–water partition coefficient (Wildman–Crippen LogP) is -0.592. The normalized spacial score (nSPS) is 34.2. The van der Waals surface area contributed by atoms with Crippen LogP contribution in [0.4, 0.5) is 0 Å². The molecule has 1 aliphatic rings. The third-order valence-electron chi connectivity index (χ3n) is 1.83. The summed E-state index contributed by atoms with van der Waals surface area (Å²) in [6.07, 6.45) is -1.32. The van der Waals surface area contributed by atoms with Gasteiger partial charge in [0.15, 0.2) is 6.29 Å². The molecule has 5 heteroatoms. The van der Waals surface area contributed by atoms with Crippen LogP contribution >= 0.6 is 0 Å². The summed E-state index contributed by atoms with van der Waals surface area (Å²) in [5, 5.41) is 18.3. The molecule has 0 saturated carbocycles. The van der Waals surface area contributed by atoms with Crippen LogP contribution < -0.4 is 0 Å². The maximum Gasteiger partial charge on any atom is 0.302 e. The van der Waals surface area contributed by atoms with E-state index in [4.69, 9.17) is 14.6 Å². The molecule has 13 heavy (non-hydrogen) atoms. The molecule has 3 atom stereocenters. The van der Waals surface area contributed by atoms with Crippen molar-refractivity contribution in [3.05, 3.63) is 0 Å². The number of rotatable bonds is 2. The first kappa shape index (κ1) is 10.4. The monoisotopic (exact) mass is 190 g/mol. The average Bonchev–Trinajstić information content (AvgIpc) is 1.99. The summed E-state index contributed by atoms with van der Waals surface area (Å²) in [5.74, 6) is -0.391. The second-order valence-corrected chi connectivity index (χ2v) is 3.14. The number of hydrogen-bond acceptors (Lipinski definition) is 5. The Labute approximate surface area is 76.3 Å². The van der Waals surface area contributed by atoms with Crippen molar-refractivity contribution in [2.45, 2.75) is 38.3 Å². The zero-order chi connectivity index (χ0) is 9.84. The number of ether oxygens (including phenoxy) is 2. The van der Waals surface area contributed by atoms with E-state index in [2.05, 4.69) is 0 Å². The van der Waals surface area contributed by atoms with Crippen molar-refractivity contribution in [1.29, 1.82) is 0 Å². The highest BCUT2D eigenvalue weighted by molar-refractivity contribution is 5.65. The van der Waals surface area contributed by atoms with Gasteiger partial charge in [0, 0.05) is 19.8 Å². The molecule has 0 spiro atoms. The van der Waals surface area contributed by atoms with Gasteiger partial charge in [0.2, 0.25) is 0 Å². The van der Waals surface area contributed by atoms with Gasteiger partial charge in [-0.05, 0) is 0 Å². The number of aliphatic hydroxyl groups excluding tert-OH is 2. The fourth-order valence-electron chi connectivity index (χ4n) is 1.28. The van der Waals surface area contributed by atoms with Crippen molar-refractivity contribution in [2.75, 3.05) is 6.61 Å². The molecule has 0 radical (unpaired) electrons. The Morgan fingerprint density at radius 1 is 1.54 bits per heavy atom. The molecule has 0 aromatic carbocycles. The van der Waals surface area contributed by atoms with Crippen LogP contribution in [0.3, 0.4) is 0 Å². The molecular formula is C8H14O5. The number of aliphatic hydroxyl groups is 2. The van der Waals surface area contributed by atoms with Gasteiger partial charge in [0.1, 0.15) is 6.61 Å². The molecule has 5 nitrogen and oxygen atoms in total. The number of hydrogen-bond donors (Lipinski definition) is 2. The van der Waals surface area contributed by atoms with Crippen LogP contribution in [-0.2, 0) is 14.3 Å². The van der Waals surface area contributed by atoms with E-state index in [1.54, 1.807) is 0 Å². The third-order valence-corrected chi connectivity index (χ3v) is 1.83. The number of esters is 1. The van der Waals surface area contributed by atoms with Crippen LogP contribution in [0.2, 0.25) is 0 Å². The van der Waals surface area contributed by atoms with E-state index >= 15 is 0 Å². The van der Waals surface area contributed by atoms with Gasteiger partial charge in [-0.15, -0.1) is 0 Å². The lowest BCUT2D eigenvalue weighted by Gasteiger charge is -2.29. The molecule has 76 valence electrons. The van der Waals surface area contributed by atoms with Crippen molar-refractivity contribution >= 4 is 5.97 Å². The first-order chi connectivity index (χ1) is 6.08. The molecule has 0 aromatic heterocycles. The van der Waals surface area contributed by atoms with Gasteiger partial charge in [-0.3, -0.25) is 4.79 Å². The van der Waals surface area contributed by atoms with E-state index in [1.165, 1.54) is 6.92 Å². The topological polar surface area (TPSA) is 76.0 Å². The van der Waals surface area contributed by atoms with Crippen molar-refractivity contribution in [1.82, 2.24) is 0 Å². The molecule has 1 heterocycles. The summed E-state index contributed by atoms with van der Waals surface area (Å²) in [6.45, 7) is 1.39. The van der Waals surface area contributed by atoms with E-state index < -0.39 is 24.5 Å². The highest BCUT2D eigenvalue weighted by atomic mass is 16.6. The summed E-state index contributed by atoms with van der Waals surface area (Å²) in [6, 6.07) is 0. The number of carbonyl (C=O) groups excluding carboxylic acids is 1. The fourth-order valence-corrected chi connectivity index (χ4v) is 1.28. The number of carbonyl (C=O) groups is 1. The van der Waals surface area contributed by atoms with E-state index in [0.717, 1.165) is 0 Å². The molecule has 1 aliphatic heterocycles. The Kier molecular flexibility index (Phi) is 3.65. The lowest BCUT2D eigenvalue weighted by atomic mass is 10.1. The lowest BCUT2D eigenvalue weighted by molar-refractivity contribution is -0.202. The van der Waals surface area contributed by atoms with Crippen LogP contribution in [-0.4, -0.2) is 41.3 Å². The molecule has 0 bridgehead atoms. The molecule has 0 aliphatic carbocycles. The van der Waals surface area contributed by atoms with Crippen molar-refractivity contribution < 1.29 is 24.5 Å². The quantitative estimate of drug-likeness (QED) is 0.569. The van der Waals surface area contributed by atoms with Crippen LogP contribution in [0.15, 0.2) is 0 Å². The Morgan fingerprint density at radius 2 is 2.23 bits per heavy atom. The summed E-state index contributed by atoms with van der Waals surface area (Å²) in [7, 11) is 0. The Bertz CT molecular complexity index is 171. The molecule has 1 fully saturated rings. The van der Waals surface area contributed by atoms with Gasteiger partial charge in [-0.25, -0.2) is 0 Å². The maximum absolute atomic E-state index is 10.4. The minimum Gasteiger partial charge on any atom is -0.463 e. The van der Waals surface area contributed by atoms with E-state index in [1.807, 2.05) is 0 Å². The van der Waals surface area contributed by atoms with Gasteiger partial charge >= 0.3 is 5.97 Å². The van der Waals surface area contributed by atoms with Crippen molar-refractivity contribution in [2.24, 2.45) is 0 Å². The van der Waals surface area contributed by atoms with Gasteiger partial charge in [0.05, 0.1) is 12.2 Å². The third kappa shape index (κ3) is 3.71. The molecule has 2 unspecified atom stereocenters. The first-order valence-electron chi connectivity index (χ1n) is 4.23. The molecule has 1 rings (SSSR count). The minimum atomic E-state index is -0.954. The van der Waals surface area contributed by atoms with Gasteiger partial charge < -0.3 is 19.7 Å². The Balaban J connectivity index is 2.28. The molecular weight excluding hydrogens is 176 g/mol. The standard InChI is InChI=1S/C8H14O5/c1-5(9)12-4-7-2-6(10)3-8(11)13-7/h6-8,10-11H,2-4H2,1H3/t6?,7-,8?/m0/s1. The SMILES string of the molecule is CC(=O)OC[C@@H]1CC(O)CC(O)O1. The summed E-state index contributed by atoms with van der Waals surface area (Å²) < 4.78 is 9.72. The van der Waals surface area contributed by atoms with Crippen molar-refractivity contribution in [3.8, 4) is 0 Å². The summed E-state index contributed by atoms with van der Waals surface area (Å²) >= 11 is 0. The van der Waals surface area contributed by atoms with Crippen LogP contribution in [0.5, 0.6) is 0 Å². The molecule has 2 N–H and O–H groups in total. The van der Waals surface area contributed by atoms with E-state index in [9.17, 15) is 9.90 Å². The Hall–Kier alpha value is -0.650. The Morgan fingerprint density at radius 3 is 2.77 bits per heavy atom. The largest absolute Gasteiger partial charge is 0.463 e. The van der Waals surface area contributed by atoms with Gasteiger partial charge in [-0.2, -0.15) is 0 Å². The second kappa shape index (κ2) is 4.55. The van der Waals surface area contributed by atoms with Gasteiger partial charge in [0.25, 0.3) is 0 Å². The molecule has 0 aromatic rings. The van der Waals surface area contributed by atoms with Crippen LogP contribution in [0.25, 0.3) is 0 Å². The smallest absolute Gasteiger partial charge is 0.302 e. The maximum atomic E-state index is 10.4. The summed E-state index contributed by atoms with van der Waals surface area (Å²) in [5.41, 5.74) is 0. The fraction of sp³-hybridized carbons (Fsp3) is 0.875. The first-order valence-corrected chi connectivity index (χ1v) is 4.23. The zero-order valence-corrected chi connectivity index (χ0v) is 7.47.